The summed E-state index contributed by atoms with van der Waals surface area (Å²) in [5.41, 5.74) is 6.88. The first-order chi connectivity index (χ1) is 8.59. The van der Waals surface area contributed by atoms with Gasteiger partial charge in [-0.2, -0.15) is 0 Å². The zero-order valence-electron chi connectivity index (χ0n) is 9.54. The predicted octanol–water partition coefficient (Wildman–Crippen LogP) is 3.86. The van der Waals surface area contributed by atoms with Crippen LogP contribution in [0.25, 0.3) is 0 Å². The van der Waals surface area contributed by atoms with Crippen molar-refractivity contribution in [2.75, 3.05) is 0 Å². The summed E-state index contributed by atoms with van der Waals surface area (Å²) in [7, 11) is 0. The van der Waals surface area contributed by atoms with Gasteiger partial charge in [-0.05, 0) is 24.1 Å². The van der Waals surface area contributed by atoms with E-state index in [9.17, 15) is 8.78 Å². The number of hydrogen-bond donors (Lipinski definition) is 1. The minimum atomic E-state index is -0.892. The summed E-state index contributed by atoms with van der Waals surface area (Å²) in [6.07, 6.45) is 0.361. The normalized spacial score (nSPS) is 12.4. The Balaban J connectivity index is 2.25. The highest BCUT2D eigenvalue weighted by Crippen LogP contribution is 2.24. The number of hydrogen-bond acceptors (Lipinski definition) is 1. The first kappa shape index (κ1) is 13.0. The van der Waals surface area contributed by atoms with Crippen LogP contribution in [0.2, 0.25) is 5.02 Å². The van der Waals surface area contributed by atoms with Crippen molar-refractivity contribution < 1.29 is 8.78 Å². The van der Waals surface area contributed by atoms with Gasteiger partial charge >= 0.3 is 0 Å². The Morgan fingerprint density at radius 3 is 2.50 bits per heavy atom. The van der Waals surface area contributed by atoms with Gasteiger partial charge in [-0.25, -0.2) is 8.78 Å². The summed E-state index contributed by atoms with van der Waals surface area (Å²) in [6, 6.07) is 10.6. The summed E-state index contributed by atoms with van der Waals surface area (Å²) in [5, 5.41) is 0.574. The van der Waals surface area contributed by atoms with E-state index in [1.165, 1.54) is 12.1 Å². The van der Waals surface area contributed by atoms with Crippen LogP contribution in [0.5, 0.6) is 0 Å². The quantitative estimate of drug-likeness (QED) is 0.898. The fourth-order valence-electron chi connectivity index (χ4n) is 1.82. The molecule has 0 aliphatic rings. The number of rotatable bonds is 3. The van der Waals surface area contributed by atoms with Gasteiger partial charge in [-0.3, -0.25) is 0 Å². The van der Waals surface area contributed by atoms with E-state index in [2.05, 4.69) is 0 Å². The number of nitrogens with two attached hydrogens (primary N) is 1. The Bertz CT molecular complexity index is 557. The SMILES string of the molecule is NC(Cc1ccccc1Cl)c1cccc(F)c1F. The van der Waals surface area contributed by atoms with E-state index in [0.29, 0.717) is 11.4 Å². The van der Waals surface area contributed by atoms with E-state index < -0.39 is 17.7 Å². The van der Waals surface area contributed by atoms with E-state index in [-0.39, 0.29) is 5.56 Å². The summed E-state index contributed by atoms with van der Waals surface area (Å²) in [5.74, 6) is -1.78. The molecule has 2 N–H and O–H groups in total. The lowest BCUT2D eigenvalue weighted by Crippen LogP contribution is -2.15. The van der Waals surface area contributed by atoms with Crippen LogP contribution < -0.4 is 5.73 Å². The minimum Gasteiger partial charge on any atom is -0.324 e. The highest BCUT2D eigenvalue weighted by atomic mass is 35.5. The smallest absolute Gasteiger partial charge is 0.163 e. The molecule has 94 valence electrons. The first-order valence-corrected chi connectivity index (χ1v) is 5.90. The molecule has 0 aliphatic heterocycles. The zero-order valence-corrected chi connectivity index (χ0v) is 10.3. The molecule has 1 unspecified atom stereocenters. The molecular weight excluding hydrogens is 256 g/mol. The summed E-state index contributed by atoms with van der Waals surface area (Å²) in [6.45, 7) is 0. The molecule has 0 heterocycles. The lowest BCUT2D eigenvalue weighted by molar-refractivity contribution is 0.488. The van der Waals surface area contributed by atoms with Crippen LogP contribution in [0, 0.1) is 11.6 Å². The minimum absolute atomic E-state index is 0.162. The largest absolute Gasteiger partial charge is 0.324 e. The first-order valence-electron chi connectivity index (χ1n) is 5.52. The molecule has 2 rings (SSSR count). The maximum atomic E-state index is 13.6. The van der Waals surface area contributed by atoms with E-state index in [0.717, 1.165) is 11.6 Å². The van der Waals surface area contributed by atoms with Crippen molar-refractivity contribution in [1.29, 1.82) is 0 Å². The third kappa shape index (κ3) is 2.68. The van der Waals surface area contributed by atoms with Gasteiger partial charge < -0.3 is 5.73 Å². The Hall–Kier alpha value is -1.45. The topological polar surface area (TPSA) is 26.0 Å². The van der Waals surface area contributed by atoms with Gasteiger partial charge in [-0.15, -0.1) is 0 Å². The van der Waals surface area contributed by atoms with Crippen molar-refractivity contribution >= 4 is 11.6 Å². The molecule has 0 fully saturated rings. The Kier molecular flexibility index (Phi) is 3.94. The fourth-order valence-corrected chi connectivity index (χ4v) is 2.03. The van der Waals surface area contributed by atoms with Crippen molar-refractivity contribution in [3.63, 3.8) is 0 Å². The highest BCUT2D eigenvalue weighted by molar-refractivity contribution is 6.31. The Morgan fingerprint density at radius 1 is 1.06 bits per heavy atom. The van der Waals surface area contributed by atoms with Gasteiger partial charge in [0.05, 0.1) is 0 Å². The Labute approximate surface area is 109 Å². The molecule has 0 spiro atoms. The summed E-state index contributed by atoms with van der Waals surface area (Å²) >= 11 is 6.00. The van der Waals surface area contributed by atoms with E-state index >= 15 is 0 Å². The van der Waals surface area contributed by atoms with Crippen molar-refractivity contribution in [2.45, 2.75) is 12.5 Å². The van der Waals surface area contributed by atoms with Crippen LogP contribution in [0.1, 0.15) is 17.2 Å². The molecule has 0 bridgehead atoms. The molecule has 0 amide bonds. The molecule has 0 aromatic heterocycles. The monoisotopic (exact) mass is 267 g/mol. The molecule has 0 saturated carbocycles. The predicted molar refractivity (Wildman–Crippen MR) is 68.4 cm³/mol. The number of halogens is 3. The van der Waals surface area contributed by atoms with Crippen molar-refractivity contribution in [2.24, 2.45) is 5.73 Å². The van der Waals surface area contributed by atoms with Gasteiger partial charge in [0.25, 0.3) is 0 Å². The van der Waals surface area contributed by atoms with Crippen LogP contribution in [-0.2, 0) is 6.42 Å². The van der Waals surface area contributed by atoms with Gasteiger partial charge in [0.1, 0.15) is 0 Å². The van der Waals surface area contributed by atoms with Crippen LogP contribution in [0.3, 0.4) is 0 Å². The van der Waals surface area contributed by atoms with Crippen molar-refractivity contribution in [3.8, 4) is 0 Å². The van der Waals surface area contributed by atoms with E-state index in [1.807, 2.05) is 12.1 Å². The molecular formula is C14H12ClF2N. The Morgan fingerprint density at radius 2 is 1.78 bits per heavy atom. The van der Waals surface area contributed by atoms with Gasteiger partial charge in [0.15, 0.2) is 11.6 Å². The zero-order chi connectivity index (χ0) is 13.1. The van der Waals surface area contributed by atoms with Crippen molar-refractivity contribution in [3.05, 3.63) is 70.2 Å². The number of benzene rings is 2. The molecule has 1 nitrogen and oxygen atoms in total. The second-order valence-electron chi connectivity index (χ2n) is 4.05. The molecule has 2 aromatic carbocycles. The summed E-state index contributed by atoms with van der Waals surface area (Å²) < 4.78 is 26.7. The molecule has 4 heteroatoms. The molecule has 18 heavy (non-hydrogen) atoms. The van der Waals surface area contributed by atoms with Crippen LogP contribution in [-0.4, -0.2) is 0 Å². The van der Waals surface area contributed by atoms with Crippen LogP contribution >= 0.6 is 11.6 Å². The maximum absolute atomic E-state index is 13.6. The maximum Gasteiger partial charge on any atom is 0.163 e. The van der Waals surface area contributed by atoms with Crippen molar-refractivity contribution in [1.82, 2.24) is 0 Å². The standard InChI is InChI=1S/C14H12ClF2N/c15-11-6-2-1-4-9(11)8-13(18)10-5-3-7-12(16)14(10)17/h1-7,13H,8,18H2. The van der Waals surface area contributed by atoms with Gasteiger partial charge in [-0.1, -0.05) is 41.9 Å². The third-order valence-electron chi connectivity index (χ3n) is 2.78. The van der Waals surface area contributed by atoms with Crippen LogP contribution in [0.4, 0.5) is 8.78 Å². The third-order valence-corrected chi connectivity index (χ3v) is 3.15. The van der Waals surface area contributed by atoms with Gasteiger partial charge in [0, 0.05) is 16.6 Å². The average Bonchev–Trinajstić information content (AvgIpc) is 2.35. The molecule has 0 saturated heterocycles. The lowest BCUT2D eigenvalue weighted by Gasteiger charge is -2.14. The molecule has 2 aromatic rings. The van der Waals surface area contributed by atoms with Gasteiger partial charge in [0.2, 0.25) is 0 Å². The molecule has 1 atom stereocenters. The van der Waals surface area contributed by atoms with E-state index in [1.54, 1.807) is 12.1 Å². The van der Waals surface area contributed by atoms with E-state index in [4.69, 9.17) is 17.3 Å². The molecule has 0 aliphatic carbocycles. The fraction of sp³-hybridized carbons (Fsp3) is 0.143. The summed E-state index contributed by atoms with van der Waals surface area (Å²) in [4.78, 5) is 0. The second-order valence-corrected chi connectivity index (χ2v) is 4.45. The highest BCUT2D eigenvalue weighted by Gasteiger charge is 2.15. The lowest BCUT2D eigenvalue weighted by atomic mass is 9.99. The second kappa shape index (κ2) is 5.46. The van der Waals surface area contributed by atoms with Crippen LogP contribution in [0.15, 0.2) is 42.5 Å². The molecule has 0 radical (unpaired) electrons. The average molecular weight is 268 g/mol.